The van der Waals surface area contributed by atoms with Gasteiger partial charge >= 0.3 is 5.97 Å². The average molecular weight is 233 g/mol. The Bertz CT molecular complexity index is 409. The number of carboxylic acids is 1. The van der Waals surface area contributed by atoms with E-state index in [-0.39, 0.29) is 0 Å². The first-order chi connectivity index (χ1) is 8.16. The van der Waals surface area contributed by atoms with Gasteiger partial charge in [0.15, 0.2) is 0 Å². The molecule has 0 aromatic heterocycles. The van der Waals surface area contributed by atoms with Crippen molar-refractivity contribution in [3.05, 3.63) is 34.9 Å². The van der Waals surface area contributed by atoms with E-state index < -0.39 is 5.97 Å². The fraction of sp³-hybridized carbons (Fsp3) is 0.500. The molecule has 1 fully saturated rings. The second-order valence-corrected chi connectivity index (χ2v) is 4.83. The van der Waals surface area contributed by atoms with Crippen LogP contribution < -0.4 is 5.32 Å². The highest BCUT2D eigenvalue weighted by Gasteiger charge is 2.16. The standard InChI is InChI=1S/C14H19NO2/c1-10-6-7-11(13(8-10)14(16)17)9-15-12-4-2-3-5-12/h6-8,12,15H,2-5,9H2,1H3,(H,16,17). The van der Waals surface area contributed by atoms with Crippen LogP contribution in [0.3, 0.4) is 0 Å². The SMILES string of the molecule is Cc1ccc(CNC2CCCC2)c(C(=O)O)c1. The van der Waals surface area contributed by atoms with E-state index in [1.165, 1.54) is 25.7 Å². The van der Waals surface area contributed by atoms with Gasteiger partial charge in [0.25, 0.3) is 0 Å². The molecule has 0 saturated heterocycles. The number of carbonyl (C=O) groups is 1. The molecule has 2 N–H and O–H groups in total. The first-order valence-electron chi connectivity index (χ1n) is 6.23. The Kier molecular flexibility index (Phi) is 3.79. The van der Waals surface area contributed by atoms with Gasteiger partial charge in [-0.2, -0.15) is 0 Å². The quantitative estimate of drug-likeness (QED) is 0.840. The Hall–Kier alpha value is -1.35. The lowest BCUT2D eigenvalue weighted by Crippen LogP contribution is -2.26. The number of hydrogen-bond donors (Lipinski definition) is 2. The van der Waals surface area contributed by atoms with Crippen LogP contribution in [0.1, 0.15) is 47.2 Å². The van der Waals surface area contributed by atoms with E-state index in [4.69, 9.17) is 5.11 Å². The van der Waals surface area contributed by atoms with E-state index in [9.17, 15) is 4.79 Å². The predicted octanol–water partition coefficient (Wildman–Crippen LogP) is 2.73. The summed E-state index contributed by atoms with van der Waals surface area (Å²) in [5.41, 5.74) is 2.30. The van der Waals surface area contributed by atoms with Crippen LogP contribution in [-0.2, 0) is 6.54 Å². The van der Waals surface area contributed by atoms with Gasteiger partial charge in [-0.25, -0.2) is 4.79 Å². The third-order valence-corrected chi connectivity index (χ3v) is 3.43. The maximum atomic E-state index is 11.1. The second kappa shape index (κ2) is 5.32. The number of hydrogen-bond acceptors (Lipinski definition) is 2. The molecule has 1 aromatic rings. The zero-order chi connectivity index (χ0) is 12.3. The number of aromatic carboxylic acids is 1. The lowest BCUT2D eigenvalue weighted by atomic mass is 10.0. The van der Waals surface area contributed by atoms with Crippen molar-refractivity contribution >= 4 is 5.97 Å². The maximum Gasteiger partial charge on any atom is 0.336 e. The molecule has 0 unspecified atom stereocenters. The molecule has 17 heavy (non-hydrogen) atoms. The summed E-state index contributed by atoms with van der Waals surface area (Å²) < 4.78 is 0. The van der Waals surface area contributed by atoms with Crippen molar-refractivity contribution in [2.45, 2.75) is 45.2 Å². The van der Waals surface area contributed by atoms with Gasteiger partial charge in [0, 0.05) is 12.6 Å². The highest BCUT2D eigenvalue weighted by Crippen LogP contribution is 2.19. The Balaban J connectivity index is 2.06. The number of rotatable bonds is 4. The number of aryl methyl sites for hydroxylation is 1. The molecule has 0 spiro atoms. The molecule has 0 aliphatic heterocycles. The van der Waals surface area contributed by atoms with E-state index in [2.05, 4.69) is 5.32 Å². The molecule has 0 amide bonds. The molecule has 2 rings (SSSR count). The van der Waals surface area contributed by atoms with Crippen molar-refractivity contribution in [2.24, 2.45) is 0 Å². The van der Waals surface area contributed by atoms with Crippen LogP contribution in [0.25, 0.3) is 0 Å². The molecule has 1 aliphatic carbocycles. The van der Waals surface area contributed by atoms with Gasteiger partial charge in [0.1, 0.15) is 0 Å². The first-order valence-corrected chi connectivity index (χ1v) is 6.23. The maximum absolute atomic E-state index is 11.1. The van der Waals surface area contributed by atoms with Gasteiger partial charge in [0.2, 0.25) is 0 Å². The van der Waals surface area contributed by atoms with Gasteiger partial charge in [-0.05, 0) is 31.4 Å². The first kappa shape index (κ1) is 12.1. The fourth-order valence-corrected chi connectivity index (χ4v) is 2.43. The molecule has 0 bridgehead atoms. The Morgan fingerprint density at radius 3 is 2.76 bits per heavy atom. The molecule has 3 heteroatoms. The highest BCUT2D eigenvalue weighted by molar-refractivity contribution is 5.89. The Labute approximate surface area is 102 Å². The minimum absolute atomic E-state index is 0.426. The number of nitrogens with one attached hydrogen (secondary N) is 1. The van der Waals surface area contributed by atoms with E-state index in [0.717, 1.165) is 11.1 Å². The van der Waals surface area contributed by atoms with Gasteiger partial charge in [-0.15, -0.1) is 0 Å². The summed E-state index contributed by atoms with van der Waals surface area (Å²) in [5.74, 6) is -0.836. The van der Waals surface area contributed by atoms with Gasteiger partial charge < -0.3 is 10.4 Å². The molecule has 1 aliphatic rings. The van der Waals surface area contributed by atoms with Crippen LogP contribution in [0.4, 0.5) is 0 Å². The predicted molar refractivity (Wildman–Crippen MR) is 67.2 cm³/mol. The van der Waals surface area contributed by atoms with E-state index >= 15 is 0 Å². The molecular weight excluding hydrogens is 214 g/mol. The molecular formula is C14H19NO2. The lowest BCUT2D eigenvalue weighted by molar-refractivity contribution is 0.0695. The van der Waals surface area contributed by atoms with Gasteiger partial charge in [0.05, 0.1) is 5.56 Å². The fourth-order valence-electron chi connectivity index (χ4n) is 2.43. The topological polar surface area (TPSA) is 49.3 Å². The van der Waals surface area contributed by atoms with Crippen LogP contribution in [0, 0.1) is 6.92 Å². The van der Waals surface area contributed by atoms with Crippen LogP contribution in [-0.4, -0.2) is 17.1 Å². The number of benzene rings is 1. The third-order valence-electron chi connectivity index (χ3n) is 3.43. The van der Waals surface area contributed by atoms with Crippen molar-refractivity contribution in [1.29, 1.82) is 0 Å². The molecule has 92 valence electrons. The van der Waals surface area contributed by atoms with Crippen molar-refractivity contribution in [2.75, 3.05) is 0 Å². The smallest absolute Gasteiger partial charge is 0.336 e. The van der Waals surface area contributed by atoms with Crippen LogP contribution in [0.5, 0.6) is 0 Å². The number of carboxylic acid groups (broad SMARTS) is 1. The van der Waals surface area contributed by atoms with Gasteiger partial charge in [-0.1, -0.05) is 30.5 Å². The summed E-state index contributed by atoms with van der Waals surface area (Å²) >= 11 is 0. The summed E-state index contributed by atoms with van der Waals surface area (Å²) in [6.45, 7) is 2.58. The summed E-state index contributed by atoms with van der Waals surface area (Å²) in [4.78, 5) is 11.1. The molecule has 0 atom stereocenters. The minimum atomic E-state index is -0.836. The molecule has 3 nitrogen and oxygen atoms in total. The zero-order valence-corrected chi connectivity index (χ0v) is 10.2. The molecule has 0 heterocycles. The monoisotopic (exact) mass is 233 g/mol. The Morgan fingerprint density at radius 2 is 2.12 bits per heavy atom. The van der Waals surface area contributed by atoms with E-state index in [1.54, 1.807) is 6.07 Å². The van der Waals surface area contributed by atoms with Crippen LogP contribution >= 0.6 is 0 Å². The summed E-state index contributed by atoms with van der Waals surface area (Å²) in [5, 5.41) is 12.6. The molecule has 1 aromatic carbocycles. The second-order valence-electron chi connectivity index (χ2n) is 4.83. The Morgan fingerprint density at radius 1 is 1.41 bits per heavy atom. The van der Waals surface area contributed by atoms with E-state index in [1.807, 2.05) is 19.1 Å². The van der Waals surface area contributed by atoms with Crippen molar-refractivity contribution in [1.82, 2.24) is 5.32 Å². The van der Waals surface area contributed by atoms with Crippen LogP contribution in [0.2, 0.25) is 0 Å². The minimum Gasteiger partial charge on any atom is -0.478 e. The zero-order valence-electron chi connectivity index (χ0n) is 10.2. The molecule has 0 radical (unpaired) electrons. The van der Waals surface area contributed by atoms with Crippen molar-refractivity contribution < 1.29 is 9.90 Å². The average Bonchev–Trinajstić information content (AvgIpc) is 2.80. The van der Waals surface area contributed by atoms with Crippen molar-refractivity contribution in [3.63, 3.8) is 0 Å². The summed E-state index contributed by atoms with van der Waals surface area (Å²) in [6, 6.07) is 6.20. The van der Waals surface area contributed by atoms with Crippen LogP contribution in [0.15, 0.2) is 18.2 Å². The largest absolute Gasteiger partial charge is 0.478 e. The van der Waals surface area contributed by atoms with Crippen molar-refractivity contribution in [3.8, 4) is 0 Å². The lowest BCUT2D eigenvalue weighted by Gasteiger charge is -2.13. The highest BCUT2D eigenvalue weighted by atomic mass is 16.4. The normalized spacial score (nSPS) is 16.3. The van der Waals surface area contributed by atoms with Gasteiger partial charge in [-0.3, -0.25) is 0 Å². The molecule has 1 saturated carbocycles. The summed E-state index contributed by atoms with van der Waals surface area (Å²) in [6.07, 6.45) is 5.01. The third kappa shape index (κ3) is 3.07. The van der Waals surface area contributed by atoms with E-state index in [0.29, 0.717) is 18.2 Å². The summed E-state index contributed by atoms with van der Waals surface area (Å²) in [7, 11) is 0.